The van der Waals surface area contributed by atoms with Crippen molar-refractivity contribution in [1.82, 2.24) is 9.80 Å². The van der Waals surface area contributed by atoms with Gasteiger partial charge >= 0.3 is 0 Å². The first-order valence-electron chi connectivity index (χ1n) is 7.69. The lowest BCUT2D eigenvalue weighted by Crippen LogP contribution is -2.59. The van der Waals surface area contributed by atoms with Crippen LogP contribution < -0.4 is 0 Å². The Hall–Kier alpha value is -0.0800. The molecule has 0 radical (unpaired) electrons. The van der Waals surface area contributed by atoms with Crippen molar-refractivity contribution >= 4 is 0 Å². The SMILES string of the molecule is CC(C)CN1C[C@@H]2C[C@H](C1)[C@@H]1CCCCN1C2. The topological polar surface area (TPSA) is 6.48 Å². The van der Waals surface area contributed by atoms with E-state index in [2.05, 4.69) is 23.6 Å². The van der Waals surface area contributed by atoms with Crippen molar-refractivity contribution in [2.45, 2.75) is 45.6 Å². The van der Waals surface area contributed by atoms with Gasteiger partial charge in [0.15, 0.2) is 0 Å². The molecule has 0 N–H and O–H groups in total. The van der Waals surface area contributed by atoms with Crippen LogP contribution in [0.15, 0.2) is 0 Å². The second kappa shape index (κ2) is 4.89. The molecule has 0 unspecified atom stereocenters. The fourth-order valence-electron chi connectivity index (χ4n) is 4.53. The molecule has 0 aliphatic carbocycles. The van der Waals surface area contributed by atoms with Gasteiger partial charge in [-0.15, -0.1) is 0 Å². The lowest BCUT2D eigenvalue weighted by molar-refractivity contribution is -0.0327. The van der Waals surface area contributed by atoms with Crippen LogP contribution in [0.5, 0.6) is 0 Å². The highest BCUT2D eigenvalue weighted by molar-refractivity contribution is 4.95. The van der Waals surface area contributed by atoms with Gasteiger partial charge in [0, 0.05) is 32.2 Å². The maximum atomic E-state index is 2.83. The maximum Gasteiger partial charge on any atom is 0.0136 e. The molecule has 2 heteroatoms. The number of hydrogen-bond donors (Lipinski definition) is 0. The molecule has 2 bridgehead atoms. The summed E-state index contributed by atoms with van der Waals surface area (Å²) < 4.78 is 0. The summed E-state index contributed by atoms with van der Waals surface area (Å²) in [6.07, 6.45) is 5.93. The standard InChI is InChI=1S/C15H28N2/c1-12(2)8-16-9-13-7-14(11-16)15-5-3-4-6-17(15)10-13/h12-15H,3-11H2,1-2H3/t13-,14+,15-/m0/s1. The lowest BCUT2D eigenvalue weighted by Gasteiger charge is -2.52. The number of fused-ring (bicyclic) bond motifs is 4. The van der Waals surface area contributed by atoms with E-state index in [1.807, 2.05) is 0 Å². The van der Waals surface area contributed by atoms with Crippen LogP contribution in [0.1, 0.15) is 39.5 Å². The summed E-state index contributed by atoms with van der Waals surface area (Å²) in [6, 6.07) is 0.940. The normalized spacial score (nSPS) is 39.4. The highest BCUT2D eigenvalue weighted by Crippen LogP contribution is 2.37. The zero-order valence-corrected chi connectivity index (χ0v) is 11.6. The Kier molecular flexibility index (Phi) is 3.45. The molecule has 3 saturated heterocycles. The molecule has 0 saturated carbocycles. The van der Waals surface area contributed by atoms with Crippen LogP contribution in [0, 0.1) is 17.8 Å². The van der Waals surface area contributed by atoms with Crippen molar-refractivity contribution in [2.24, 2.45) is 17.8 Å². The second-order valence-corrected chi connectivity index (χ2v) is 7.03. The van der Waals surface area contributed by atoms with Gasteiger partial charge in [0.2, 0.25) is 0 Å². The number of nitrogens with zero attached hydrogens (tertiary/aromatic N) is 2. The van der Waals surface area contributed by atoms with E-state index in [4.69, 9.17) is 0 Å². The minimum absolute atomic E-state index is 0.830. The van der Waals surface area contributed by atoms with Gasteiger partial charge in [-0.3, -0.25) is 4.90 Å². The molecule has 98 valence electrons. The van der Waals surface area contributed by atoms with Gasteiger partial charge in [0.25, 0.3) is 0 Å². The molecule has 0 aromatic carbocycles. The summed E-state index contributed by atoms with van der Waals surface area (Å²) in [4.78, 5) is 5.59. The zero-order chi connectivity index (χ0) is 11.8. The summed E-state index contributed by atoms with van der Waals surface area (Å²) in [7, 11) is 0. The van der Waals surface area contributed by atoms with Crippen molar-refractivity contribution < 1.29 is 0 Å². The maximum absolute atomic E-state index is 2.83. The van der Waals surface area contributed by atoms with E-state index in [-0.39, 0.29) is 0 Å². The summed E-state index contributed by atoms with van der Waals surface area (Å²) in [5, 5.41) is 0. The zero-order valence-electron chi connectivity index (χ0n) is 11.6. The number of likely N-dealkylation sites (tertiary alicyclic amines) is 1. The van der Waals surface area contributed by atoms with E-state index < -0.39 is 0 Å². The van der Waals surface area contributed by atoms with Crippen LogP contribution in [0.2, 0.25) is 0 Å². The van der Waals surface area contributed by atoms with Crippen molar-refractivity contribution in [3.8, 4) is 0 Å². The monoisotopic (exact) mass is 236 g/mol. The number of piperidine rings is 3. The molecule has 3 fully saturated rings. The summed E-state index contributed by atoms with van der Waals surface area (Å²) in [6.45, 7) is 11.6. The predicted octanol–water partition coefficient (Wildman–Crippen LogP) is 2.45. The largest absolute Gasteiger partial charge is 0.302 e. The summed E-state index contributed by atoms with van der Waals surface area (Å²) in [5.41, 5.74) is 0. The molecule has 0 aromatic rings. The molecule has 0 amide bonds. The molecule has 2 nitrogen and oxygen atoms in total. The first-order chi connectivity index (χ1) is 8.22. The van der Waals surface area contributed by atoms with E-state index in [0.717, 1.165) is 23.8 Å². The Balaban J connectivity index is 1.66. The molecule has 3 heterocycles. The Morgan fingerprint density at radius 3 is 2.82 bits per heavy atom. The van der Waals surface area contributed by atoms with Crippen LogP contribution in [0.3, 0.4) is 0 Å². The van der Waals surface area contributed by atoms with E-state index >= 15 is 0 Å². The minimum Gasteiger partial charge on any atom is -0.302 e. The van der Waals surface area contributed by atoms with Crippen LogP contribution >= 0.6 is 0 Å². The third-order valence-electron chi connectivity index (χ3n) is 4.97. The highest BCUT2D eigenvalue weighted by Gasteiger charge is 2.41. The van der Waals surface area contributed by atoms with Gasteiger partial charge in [0.05, 0.1) is 0 Å². The van der Waals surface area contributed by atoms with Gasteiger partial charge in [-0.05, 0) is 43.6 Å². The Bertz CT molecular complexity index is 264. The fourth-order valence-corrected chi connectivity index (χ4v) is 4.53. The summed E-state index contributed by atoms with van der Waals surface area (Å²) >= 11 is 0. The number of hydrogen-bond acceptors (Lipinski definition) is 2. The third-order valence-corrected chi connectivity index (χ3v) is 4.97. The van der Waals surface area contributed by atoms with Gasteiger partial charge in [-0.1, -0.05) is 20.3 Å². The Morgan fingerprint density at radius 2 is 2.00 bits per heavy atom. The average Bonchev–Trinajstić information content (AvgIpc) is 2.27. The molecular formula is C15H28N2. The average molecular weight is 236 g/mol. The van der Waals surface area contributed by atoms with Gasteiger partial charge in [0.1, 0.15) is 0 Å². The predicted molar refractivity (Wildman–Crippen MR) is 72.1 cm³/mol. The van der Waals surface area contributed by atoms with Crippen LogP contribution in [-0.2, 0) is 0 Å². The molecule has 17 heavy (non-hydrogen) atoms. The molecule has 3 aliphatic heterocycles. The molecule has 3 atom stereocenters. The van der Waals surface area contributed by atoms with E-state index in [1.54, 1.807) is 0 Å². The van der Waals surface area contributed by atoms with E-state index in [1.165, 1.54) is 58.4 Å². The Labute approximate surface area is 106 Å². The molecule has 3 rings (SSSR count). The van der Waals surface area contributed by atoms with E-state index in [9.17, 15) is 0 Å². The first kappa shape index (κ1) is 12.0. The van der Waals surface area contributed by atoms with Crippen molar-refractivity contribution in [3.63, 3.8) is 0 Å². The molecule has 0 spiro atoms. The van der Waals surface area contributed by atoms with Crippen LogP contribution in [0.25, 0.3) is 0 Å². The lowest BCUT2D eigenvalue weighted by atomic mass is 9.76. The minimum atomic E-state index is 0.830. The molecular weight excluding hydrogens is 208 g/mol. The van der Waals surface area contributed by atoms with Crippen molar-refractivity contribution in [1.29, 1.82) is 0 Å². The van der Waals surface area contributed by atoms with Crippen molar-refractivity contribution in [3.05, 3.63) is 0 Å². The van der Waals surface area contributed by atoms with Gasteiger partial charge in [-0.25, -0.2) is 0 Å². The second-order valence-electron chi connectivity index (χ2n) is 7.03. The van der Waals surface area contributed by atoms with Crippen molar-refractivity contribution in [2.75, 3.05) is 32.7 Å². The van der Waals surface area contributed by atoms with E-state index in [0.29, 0.717) is 0 Å². The van der Waals surface area contributed by atoms with Gasteiger partial charge in [-0.2, -0.15) is 0 Å². The highest BCUT2D eigenvalue weighted by atomic mass is 15.2. The smallest absolute Gasteiger partial charge is 0.0136 e. The number of rotatable bonds is 2. The molecule has 3 aliphatic rings. The molecule has 0 aromatic heterocycles. The fraction of sp³-hybridized carbons (Fsp3) is 1.00. The third kappa shape index (κ3) is 2.53. The Morgan fingerprint density at radius 1 is 1.12 bits per heavy atom. The summed E-state index contributed by atoms with van der Waals surface area (Å²) in [5.74, 6) is 2.79. The van der Waals surface area contributed by atoms with Crippen LogP contribution in [-0.4, -0.2) is 48.6 Å². The van der Waals surface area contributed by atoms with Crippen LogP contribution in [0.4, 0.5) is 0 Å². The quantitative estimate of drug-likeness (QED) is 0.726. The first-order valence-corrected chi connectivity index (χ1v) is 7.69. The van der Waals surface area contributed by atoms with Gasteiger partial charge < -0.3 is 4.90 Å².